The fourth-order valence-corrected chi connectivity index (χ4v) is 3.30. The average Bonchev–Trinajstić information content (AvgIpc) is 3.08. The summed E-state index contributed by atoms with van der Waals surface area (Å²) >= 11 is 0. The van der Waals surface area contributed by atoms with Crippen molar-refractivity contribution < 1.29 is 26.8 Å². The van der Waals surface area contributed by atoms with Crippen molar-refractivity contribution >= 4 is 29.5 Å². The minimum atomic E-state index is -0.395. The largest absolute Gasteiger partial charge is 0.348 e. The van der Waals surface area contributed by atoms with E-state index in [9.17, 15) is 24.0 Å². The number of imide groups is 2. The highest BCUT2D eigenvalue weighted by Gasteiger charge is 2.26. The number of amides is 5. The molecule has 0 spiro atoms. The normalized spacial score (nSPS) is 17.0. The number of nitrogens with one attached hydrogen (secondary N) is 3. The lowest BCUT2D eigenvalue weighted by molar-refractivity contribution is -0.135. The van der Waals surface area contributed by atoms with Crippen LogP contribution in [0.4, 0.5) is 0 Å². The Labute approximate surface area is 188 Å². The number of fused-ring (bicyclic) bond motifs is 1. The first kappa shape index (κ1) is 22.9. The highest BCUT2D eigenvalue weighted by molar-refractivity contribution is 6.21. The summed E-state index contributed by atoms with van der Waals surface area (Å²) in [5, 5.41) is 7.31. The van der Waals surface area contributed by atoms with Gasteiger partial charge in [0.25, 0.3) is 17.7 Å². The van der Waals surface area contributed by atoms with Crippen molar-refractivity contribution in [1.29, 1.82) is 0 Å². The van der Waals surface area contributed by atoms with E-state index in [-0.39, 0.29) is 32.4 Å². The van der Waals surface area contributed by atoms with Crippen LogP contribution in [0, 0.1) is 5.92 Å². The molecule has 1 fully saturated rings. The van der Waals surface area contributed by atoms with Gasteiger partial charge in [0.1, 0.15) is 0 Å². The highest BCUT2D eigenvalue weighted by Crippen LogP contribution is 2.17. The van der Waals surface area contributed by atoms with E-state index in [1.807, 2.05) is 19.1 Å². The zero-order valence-corrected chi connectivity index (χ0v) is 18.0. The Balaban J connectivity index is 0.000000448. The molecule has 2 aromatic carbocycles. The van der Waals surface area contributed by atoms with Crippen molar-refractivity contribution in [2.24, 2.45) is 5.92 Å². The molecule has 2 aromatic rings. The summed E-state index contributed by atoms with van der Waals surface area (Å²) < 4.78 is 0. The maximum atomic E-state index is 12.1. The molecule has 8 nitrogen and oxygen atoms in total. The predicted molar refractivity (Wildman–Crippen MR) is 121 cm³/mol. The van der Waals surface area contributed by atoms with Gasteiger partial charge in [-0.1, -0.05) is 32.0 Å². The van der Waals surface area contributed by atoms with Gasteiger partial charge < -0.3 is 5.32 Å². The number of piperidine rings is 1. The SMILES string of the molecule is CCc1ccc(C(=O)NCc2ccc3c(c2)C(=O)NC3=O)cc1.C[C@@H]1CCC(=O)NC1=O.[HH].[HH]. The number of aryl methyl sites for hydroxylation is 1. The molecule has 3 N–H and O–H groups in total. The van der Waals surface area contributed by atoms with Gasteiger partial charge >= 0.3 is 0 Å². The second-order valence-corrected chi connectivity index (χ2v) is 7.75. The molecule has 8 heteroatoms. The summed E-state index contributed by atoms with van der Waals surface area (Å²) in [6.07, 6.45) is 2.12. The van der Waals surface area contributed by atoms with E-state index >= 15 is 0 Å². The number of benzene rings is 2. The van der Waals surface area contributed by atoms with E-state index in [4.69, 9.17) is 0 Å². The van der Waals surface area contributed by atoms with E-state index in [1.54, 1.807) is 30.3 Å². The van der Waals surface area contributed by atoms with Gasteiger partial charge in [0.05, 0.1) is 11.1 Å². The summed E-state index contributed by atoms with van der Waals surface area (Å²) in [6.45, 7) is 4.18. The number of rotatable bonds is 4. The predicted octanol–water partition coefficient (Wildman–Crippen LogP) is 2.61. The first-order valence-corrected chi connectivity index (χ1v) is 10.5. The number of hydrogen-bond donors (Lipinski definition) is 3. The first-order chi connectivity index (χ1) is 15.3. The third-order valence-electron chi connectivity index (χ3n) is 5.39. The molecule has 2 aliphatic rings. The van der Waals surface area contributed by atoms with Crippen LogP contribution in [-0.2, 0) is 22.6 Å². The molecule has 2 heterocycles. The molecule has 0 bridgehead atoms. The Morgan fingerprint density at radius 1 is 0.969 bits per heavy atom. The molecule has 1 atom stereocenters. The lowest BCUT2D eigenvalue weighted by Gasteiger charge is -2.15. The lowest BCUT2D eigenvalue weighted by atomic mass is 10.0. The third-order valence-corrected chi connectivity index (χ3v) is 5.39. The fraction of sp³-hybridized carbons (Fsp3) is 0.292. The molecular formula is C24H29N3O5. The number of hydrogen-bond acceptors (Lipinski definition) is 5. The molecule has 170 valence electrons. The molecule has 0 aromatic heterocycles. The van der Waals surface area contributed by atoms with Crippen LogP contribution in [0.15, 0.2) is 42.5 Å². The van der Waals surface area contributed by atoms with E-state index in [1.165, 1.54) is 5.56 Å². The molecule has 0 aliphatic carbocycles. The van der Waals surface area contributed by atoms with Crippen LogP contribution in [0.1, 0.15) is 71.7 Å². The highest BCUT2D eigenvalue weighted by atomic mass is 16.2. The van der Waals surface area contributed by atoms with Crippen LogP contribution in [0.3, 0.4) is 0 Å². The van der Waals surface area contributed by atoms with Crippen LogP contribution in [0.5, 0.6) is 0 Å². The first-order valence-electron chi connectivity index (χ1n) is 10.5. The Morgan fingerprint density at radius 2 is 1.62 bits per heavy atom. The topological polar surface area (TPSA) is 121 Å². The molecule has 4 rings (SSSR count). The monoisotopic (exact) mass is 439 g/mol. The second-order valence-electron chi connectivity index (χ2n) is 7.75. The van der Waals surface area contributed by atoms with Gasteiger partial charge in [0.15, 0.2) is 0 Å². The molecule has 5 amide bonds. The number of carbonyl (C=O) groups excluding carboxylic acids is 5. The van der Waals surface area contributed by atoms with Crippen molar-refractivity contribution in [1.82, 2.24) is 16.0 Å². The summed E-state index contributed by atoms with van der Waals surface area (Å²) in [6, 6.07) is 12.4. The van der Waals surface area contributed by atoms with Crippen molar-refractivity contribution in [3.05, 3.63) is 70.3 Å². The van der Waals surface area contributed by atoms with Gasteiger partial charge in [-0.05, 0) is 48.2 Å². The third kappa shape index (κ3) is 5.46. The lowest BCUT2D eigenvalue weighted by Crippen LogP contribution is -2.39. The molecule has 0 unspecified atom stereocenters. The molecule has 0 saturated carbocycles. The maximum absolute atomic E-state index is 12.1. The quantitative estimate of drug-likeness (QED) is 0.632. The van der Waals surface area contributed by atoms with Gasteiger partial charge in [0.2, 0.25) is 11.8 Å². The van der Waals surface area contributed by atoms with E-state index in [0.29, 0.717) is 36.1 Å². The Hall–Kier alpha value is -3.81. The minimum absolute atomic E-state index is 0. The summed E-state index contributed by atoms with van der Waals surface area (Å²) in [5.41, 5.74) is 3.27. The summed E-state index contributed by atoms with van der Waals surface area (Å²) in [4.78, 5) is 56.4. The maximum Gasteiger partial charge on any atom is 0.258 e. The van der Waals surface area contributed by atoms with Gasteiger partial charge in [-0.2, -0.15) is 0 Å². The smallest absolute Gasteiger partial charge is 0.258 e. The molecular weight excluding hydrogens is 410 g/mol. The van der Waals surface area contributed by atoms with E-state index < -0.39 is 5.91 Å². The second kappa shape index (κ2) is 10.00. The van der Waals surface area contributed by atoms with Gasteiger partial charge in [-0.25, -0.2) is 0 Å². The van der Waals surface area contributed by atoms with Gasteiger partial charge in [0, 0.05) is 27.3 Å². The fourth-order valence-electron chi connectivity index (χ4n) is 3.30. The van der Waals surface area contributed by atoms with Crippen LogP contribution < -0.4 is 16.0 Å². The Morgan fingerprint density at radius 3 is 2.25 bits per heavy atom. The zero-order valence-electron chi connectivity index (χ0n) is 18.0. The Bertz CT molecular complexity index is 1090. The molecule has 1 saturated heterocycles. The summed E-state index contributed by atoms with van der Waals surface area (Å²) in [5.74, 6) is -1.20. The number of carbonyl (C=O) groups is 5. The van der Waals surface area contributed by atoms with Crippen molar-refractivity contribution in [3.8, 4) is 0 Å². The van der Waals surface area contributed by atoms with E-state index in [0.717, 1.165) is 12.0 Å². The average molecular weight is 440 g/mol. The summed E-state index contributed by atoms with van der Waals surface area (Å²) in [7, 11) is 0. The van der Waals surface area contributed by atoms with E-state index in [2.05, 4.69) is 22.9 Å². The van der Waals surface area contributed by atoms with Crippen molar-refractivity contribution in [2.45, 2.75) is 39.7 Å². The van der Waals surface area contributed by atoms with Crippen molar-refractivity contribution in [3.63, 3.8) is 0 Å². The minimum Gasteiger partial charge on any atom is -0.348 e. The molecule has 32 heavy (non-hydrogen) atoms. The van der Waals surface area contributed by atoms with Gasteiger partial charge in [-0.15, -0.1) is 0 Å². The van der Waals surface area contributed by atoms with Crippen LogP contribution >= 0.6 is 0 Å². The van der Waals surface area contributed by atoms with Crippen LogP contribution in [0.2, 0.25) is 0 Å². The Kier molecular flexibility index (Phi) is 7.14. The van der Waals surface area contributed by atoms with Crippen LogP contribution in [0.25, 0.3) is 0 Å². The molecule has 2 aliphatic heterocycles. The molecule has 0 radical (unpaired) electrons. The van der Waals surface area contributed by atoms with Crippen LogP contribution in [-0.4, -0.2) is 29.5 Å². The standard InChI is InChI=1S/C18H16N2O3.C6H9NO2.2H2/c1-2-11-3-6-13(7-4-11)16(21)19-10-12-5-8-14-15(9-12)18(23)20-17(14)22;1-4-2-3-5(8)7-6(4)9;;/h3-9H,2,10H2,1H3,(H,19,21)(H,20,22,23);4H,2-3H2,1H3,(H,7,8,9);2*1H/t;4-;;/m.1../s1. The van der Waals surface area contributed by atoms with Gasteiger partial charge in [-0.3, -0.25) is 34.6 Å². The van der Waals surface area contributed by atoms with Crippen molar-refractivity contribution in [2.75, 3.05) is 0 Å². The zero-order chi connectivity index (χ0) is 23.3.